The zero-order chi connectivity index (χ0) is 18.3. The SMILES string of the molecule is Cc1cccc(C)c1Oc1ccc(N2C(=O)C3CC=CCC3C2=O)cc1. The normalized spacial score (nSPS) is 21.8. The molecular formula is C22H21NO3. The number of para-hydroxylation sites is 1. The number of ether oxygens (including phenoxy) is 1. The van der Waals surface area contributed by atoms with Crippen LogP contribution in [0, 0.1) is 25.7 Å². The summed E-state index contributed by atoms with van der Waals surface area (Å²) < 4.78 is 6.01. The van der Waals surface area contributed by atoms with Crippen LogP contribution in [0.4, 0.5) is 5.69 Å². The molecule has 0 saturated carbocycles. The summed E-state index contributed by atoms with van der Waals surface area (Å²) in [6, 6.07) is 13.2. The number of benzene rings is 2. The number of allylic oxidation sites excluding steroid dienone is 2. The van der Waals surface area contributed by atoms with Gasteiger partial charge >= 0.3 is 0 Å². The maximum absolute atomic E-state index is 12.7. The van der Waals surface area contributed by atoms with Gasteiger partial charge in [-0.1, -0.05) is 30.4 Å². The molecule has 0 aromatic heterocycles. The first-order chi connectivity index (χ1) is 12.6. The van der Waals surface area contributed by atoms with Crippen molar-refractivity contribution in [3.63, 3.8) is 0 Å². The highest BCUT2D eigenvalue weighted by molar-refractivity contribution is 6.22. The van der Waals surface area contributed by atoms with E-state index >= 15 is 0 Å². The lowest BCUT2D eigenvalue weighted by Gasteiger charge is -2.16. The van der Waals surface area contributed by atoms with Crippen molar-refractivity contribution in [3.8, 4) is 11.5 Å². The molecule has 132 valence electrons. The molecule has 2 unspecified atom stereocenters. The van der Waals surface area contributed by atoms with Crippen molar-refractivity contribution in [1.29, 1.82) is 0 Å². The summed E-state index contributed by atoms with van der Waals surface area (Å²) in [5.41, 5.74) is 2.74. The first-order valence-corrected chi connectivity index (χ1v) is 8.93. The minimum Gasteiger partial charge on any atom is -0.457 e. The van der Waals surface area contributed by atoms with E-state index in [1.807, 2.05) is 56.3 Å². The third-order valence-electron chi connectivity index (χ3n) is 5.23. The molecule has 0 radical (unpaired) electrons. The van der Waals surface area contributed by atoms with Crippen LogP contribution in [-0.4, -0.2) is 11.8 Å². The lowest BCUT2D eigenvalue weighted by atomic mass is 9.85. The average molecular weight is 347 g/mol. The second-order valence-electron chi connectivity index (χ2n) is 6.98. The number of nitrogens with zero attached hydrogens (tertiary/aromatic N) is 1. The molecule has 2 aliphatic rings. The van der Waals surface area contributed by atoms with Crippen molar-refractivity contribution in [2.75, 3.05) is 4.90 Å². The highest BCUT2D eigenvalue weighted by Gasteiger charge is 2.47. The molecule has 1 aliphatic heterocycles. The molecule has 2 atom stereocenters. The third kappa shape index (κ3) is 2.71. The van der Waals surface area contributed by atoms with Crippen LogP contribution in [0.5, 0.6) is 11.5 Å². The van der Waals surface area contributed by atoms with Gasteiger partial charge in [-0.3, -0.25) is 14.5 Å². The topological polar surface area (TPSA) is 46.6 Å². The minimum absolute atomic E-state index is 0.0900. The van der Waals surface area contributed by atoms with Gasteiger partial charge in [0.25, 0.3) is 0 Å². The fourth-order valence-corrected chi connectivity index (χ4v) is 3.80. The van der Waals surface area contributed by atoms with Crippen LogP contribution in [0.2, 0.25) is 0 Å². The van der Waals surface area contributed by atoms with Crippen molar-refractivity contribution in [2.24, 2.45) is 11.8 Å². The number of hydrogen-bond acceptors (Lipinski definition) is 3. The number of carbonyl (C=O) groups is 2. The number of aryl methyl sites for hydroxylation is 2. The Balaban J connectivity index is 1.57. The van der Waals surface area contributed by atoms with Crippen LogP contribution in [0.1, 0.15) is 24.0 Å². The molecule has 4 rings (SSSR count). The zero-order valence-electron chi connectivity index (χ0n) is 14.9. The van der Waals surface area contributed by atoms with Crippen LogP contribution >= 0.6 is 0 Å². The molecule has 2 aromatic carbocycles. The molecule has 1 fully saturated rings. The molecule has 0 spiro atoms. The van der Waals surface area contributed by atoms with E-state index in [0.717, 1.165) is 16.9 Å². The summed E-state index contributed by atoms with van der Waals surface area (Å²) in [5.74, 6) is 0.923. The van der Waals surface area contributed by atoms with E-state index in [2.05, 4.69) is 0 Å². The Bertz CT molecular complexity index is 852. The largest absolute Gasteiger partial charge is 0.457 e. The van der Waals surface area contributed by atoms with Gasteiger partial charge in [-0.25, -0.2) is 0 Å². The molecule has 1 heterocycles. The number of amides is 2. The molecule has 1 aliphatic carbocycles. The first-order valence-electron chi connectivity index (χ1n) is 8.93. The zero-order valence-corrected chi connectivity index (χ0v) is 14.9. The van der Waals surface area contributed by atoms with Gasteiger partial charge in [-0.2, -0.15) is 0 Å². The number of carbonyl (C=O) groups excluding carboxylic acids is 2. The second-order valence-corrected chi connectivity index (χ2v) is 6.98. The summed E-state index contributed by atoms with van der Waals surface area (Å²) in [6.07, 6.45) is 5.30. The summed E-state index contributed by atoms with van der Waals surface area (Å²) in [5, 5.41) is 0. The Labute approximate surface area is 153 Å². The standard InChI is InChI=1S/C22H21NO3/c1-14-6-5-7-15(2)20(14)26-17-12-10-16(11-13-17)23-21(24)18-8-3-4-9-19(18)22(23)25/h3-7,10-13,18-19H,8-9H2,1-2H3. The molecule has 1 saturated heterocycles. The predicted octanol–water partition coefficient (Wildman–Crippen LogP) is 4.55. The van der Waals surface area contributed by atoms with Crippen molar-refractivity contribution in [1.82, 2.24) is 0 Å². The van der Waals surface area contributed by atoms with Crippen LogP contribution in [-0.2, 0) is 9.59 Å². The van der Waals surface area contributed by atoms with E-state index in [4.69, 9.17) is 4.74 Å². The van der Waals surface area contributed by atoms with Gasteiger partial charge in [-0.05, 0) is 62.1 Å². The van der Waals surface area contributed by atoms with Crippen LogP contribution in [0.25, 0.3) is 0 Å². The van der Waals surface area contributed by atoms with E-state index in [-0.39, 0.29) is 23.7 Å². The van der Waals surface area contributed by atoms with E-state index in [1.54, 1.807) is 12.1 Å². The Hall–Kier alpha value is -2.88. The highest BCUT2D eigenvalue weighted by atomic mass is 16.5. The second kappa shape index (κ2) is 6.45. The molecule has 26 heavy (non-hydrogen) atoms. The van der Waals surface area contributed by atoms with Crippen LogP contribution < -0.4 is 9.64 Å². The monoisotopic (exact) mass is 347 g/mol. The molecule has 0 N–H and O–H groups in total. The lowest BCUT2D eigenvalue weighted by Crippen LogP contribution is -2.30. The maximum Gasteiger partial charge on any atom is 0.238 e. The highest BCUT2D eigenvalue weighted by Crippen LogP contribution is 2.38. The van der Waals surface area contributed by atoms with Crippen molar-refractivity contribution in [2.45, 2.75) is 26.7 Å². The van der Waals surface area contributed by atoms with Gasteiger partial charge in [0.05, 0.1) is 17.5 Å². The molecular weight excluding hydrogens is 326 g/mol. The van der Waals surface area contributed by atoms with Crippen molar-refractivity contribution < 1.29 is 14.3 Å². The number of hydrogen-bond donors (Lipinski definition) is 0. The fraction of sp³-hybridized carbons (Fsp3) is 0.273. The maximum atomic E-state index is 12.7. The van der Waals surface area contributed by atoms with Gasteiger partial charge in [-0.15, -0.1) is 0 Å². The Kier molecular flexibility index (Phi) is 4.11. The van der Waals surface area contributed by atoms with Gasteiger partial charge in [0.2, 0.25) is 11.8 Å². The van der Waals surface area contributed by atoms with Crippen LogP contribution in [0.3, 0.4) is 0 Å². The number of imide groups is 1. The average Bonchev–Trinajstić information content (AvgIpc) is 2.90. The van der Waals surface area contributed by atoms with Gasteiger partial charge in [0, 0.05) is 0 Å². The summed E-state index contributed by atoms with van der Waals surface area (Å²) in [6.45, 7) is 4.02. The molecule has 2 aromatic rings. The van der Waals surface area contributed by atoms with E-state index in [0.29, 0.717) is 24.3 Å². The van der Waals surface area contributed by atoms with E-state index < -0.39 is 0 Å². The van der Waals surface area contributed by atoms with Gasteiger partial charge in [0.15, 0.2) is 0 Å². The van der Waals surface area contributed by atoms with Crippen molar-refractivity contribution in [3.05, 3.63) is 65.7 Å². The Morgan fingerprint density at radius 1 is 0.846 bits per heavy atom. The Morgan fingerprint density at radius 2 is 1.38 bits per heavy atom. The summed E-state index contributed by atoms with van der Waals surface area (Å²) in [4.78, 5) is 26.7. The predicted molar refractivity (Wildman–Crippen MR) is 100 cm³/mol. The third-order valence-corrected chi connectivity index (χ3v) is 5.23. The quantitative estimate of drug-likeness (QED) is 0.604. The Morgan fingerprint density at radius 3 is 1.92 bits per heavy atom. The van der Waals surface area contributed by atoms with Gasteiger partial charge < -0.3 is 4.74 Å². The fourth-order valence-electron chi connectivity index (χ4n) is 3.80. The molecule has 4 nitrogen and oxygen atoms in total. The number of rotatable bonds is 3. The smallest absolute Gasteiger partial charge is 0.238 e. The first kappa shape index (κ1) is 16.6. The number of anilines is 1. The summed E-state index contributed by atoms with van der Waals surface area (Å²) >= 11 is 0. The van der Waals surface area contributed by atoms with Gasteiger partial charge in [0.1, 0.15) is 11.5 Å². The minimum atomic E-state index is -0.210. The molecule has 4 heteroatoms. The lowest BCUT2D eigenvalue weighted by molar-refractivity contribution is -0.122. The number of fused-ring (bicyclic) bond motifs is 1. The summed E-state index contributed by atoms with van der Waals surface area (Å²) in [7, 11) is 0. The molecule has 2 amide bonds. The molecule has 0 bridgehead atoms. The van der Waals surface area contributed by atoms with E-state index in [9.17, 15) is 9.59 Å². The van der Waals surface area contributed by atoms with E-state index in [1.165, 1.54) is 4.90 Å². The van der Waals surface area contributed by atoms with Crippen molar-refractivity contribution >= 4 is 17.5 Å². The van der Waals surface area contributed by atoms with Crippen LogP contribution in [0.15, 0.2) is 54.6 Å².